The van der Waals surface area contributed by atoms with Crippen molar-refractivity contribution in [3.63, 3.8) is 0 Å². The second-order valence-corrected chi connectivity index (χ2v) is 10.6. The van der Waals surface area contributed by atoms with Crippen LogP contribution in [0.25, 0.3) is 22.3 Å². The molecule has 7 rings (SSSR count). The Morgan fingerprint density at radius 2 is 1.73 bits per heavy atom. The molecule has 3 amide bonds. The predicted molar refractivity (Wildman–Crippen MR) is 137 cm³/mol. The first-order valence-electron chi connectivity index (χ1n) is 13.3. The van der Waals surface area contributed by atoms with Crippen molar-refractivity contribution in [1.82, 2.24) is 29.8 Å². The van der Waals surface area contributed by atoms with E-state index in [-0.39, 0.29) is 37.1 Å². The first-order valence-corrected chi connectivity index (χ1v) is 13.3. The third kappa shape index (κ3) is 3.76. The van der Waals surface area contributed by atoms with Crippen molar-refractivity contribution in [2.45, 2.75) is 51.2 Å². The van der Waals surface area contributed by atoms with Crippen LogP contribution in [0.2, 0.25) is 0 Å². The number of imide groups is 1. The second-order valence-electron chi connectivity index (χ2n) is 10.6. The maximum Gasteiger partial charge on any atom is 0.273 e. The summed E-state index contributed by atoms with van der Waals surface area (Å²) in [5, 5.41) is 6.93. The van der Waals surface area contributed by atoms with E-state index in [0.29, 0.717) is 18.0 Å². The van der Waals surface area contributed by atoms with Gasteiger partial charge in [-0.25, -0.2) is 9.99 Å². The number of hydrogen-bond donors (Lipinski definition) is 1. The van der Waals surface area contributed by atoms with Gasteiger partial charge in [-0.15, -0.1) is 0 Å². The summed E-state index contributed by atoms with van der Waals surface area (Å²) in [7, 11) is 0. The van der Waals surface area contributed by atoms with Crippen LogP contribution in [0.15, 0.2) is 36.5 Å². The van der Waals surface area contributed by atoms with Gasteiger partial charge in [0.15, 0.2) is 0 Å². The molecule has 3 saturated heterocycles. The minimum atomic E-state index is -0.303. The predicted octanol–water partition coefficient (Wildman–Crippen LogP) is 2.85. The molecule has 6 heterocycles. The van der Waals surface area contributed by atoms with Gasteiger partial charge in [0.05, 0.1) is 18.3 Å². The van der Waals surface area contributed by atoms with Gasteiger partial charge in [-0.2, -0.15) is 5.01 Å². The summed E-state index contributed by atoms with van der Waals surface area (Å²) < 4.78 is 2.29. The van der Waals surface area contributed by atoms with Crippen molar-refractivity contribution in [3.8, 4) is 11.3 Å². The number of piperidine rings is 1. The Bertz CT molecular complexity index is 1420. The van der Waals surface area contributed by atoms with E-state index in [0.717, 1.165) is 60.2 Å². The van der Waals surface area contributed by atoms with Gasteiger partial charge in [-0.3, -0.25) is 19.3 Å². The van der Waals surface area contributed by atoms with Crippen LogP contribution in [0.4, 0.5) is 0 Å². The summed E-state index contributed by atoms with van der Waals surface area (Å²) in [4.78, 5) is 45.7. The standard InChI is InChI=1S/C28H30N6O3/c35-25-4-3-5-26(36)34(25)33-17-19-12-18(6-7-23(19)28(33)37)24-13-20(16-31-9-1-2-10-31)22-8-11-32(27(22)30-24)21-14-29-15-21/h6-8,11-13,21,29H,1-5,9-10,14-17H2. The lowest BCUT2D eigenvalue weighted by Crippen LogP contribution is -2.51. The average Bonchev–Trinajstić information content (AvgIpc) is 3.59. The number of hydrazine groups is 1. The molecule has 9 nitrogen and oxygen atoms in total. The van der Waals surface area contributed by atoms with E-state index in [4.69, 9.17) is 4.98 Å². The largest absolute Gasteiger partial charge is 0.327 e. The van der Waals surface area contributed by atoms with Crippen LogP contribution in [0.1, 0.15) is 59.6 Å². The summed E-state index contributed by atoms with van der Waals surface area (Å²) in [6.45, 7) is 5.25. The Morgan fingerprint density at radius 3 is 2.46 bits per heavy atom. The fourth-order valence-electron chi connectivity index (χ4n) is 6.06. The zero-order chi connectivity index (χ0) is 25.1. The number of carbonyl (C=O) groups excluding carboxylic acids is 3. The molecule has 0 radical (unpaired) electrons. The Kier molecular flexibility index (Phi) is 5.37. The minimum absolute atomic E-state index is 0.215. The van der Waals surface area contributed by atoms with Gasteiger partial charge < -0.3 is 9.88 Å². The van der Waals surface area contributed by atoms with Gasteiger partial charge in [0.25, 0.3) is 5.91 Å². The average molecular weight is 499 g/mol. The summed E-state index contributed by atoms with van der Waals surface area (Å²) in [5.41, 5.74) is 5.45. The highest BCUT2D eigenvalue weighted by Crippen LogP contribution is 2.33. The monoisotopic (exact) mass is 498 g/mol. The molecular weight excluding hydrogens is 468 g/mol. The van der Waals surface area contributed by atoms with Crippen molar-refractivity contribution in [3.05, 3.63) is 53.2 Å². The number of nitrogens with zero attached hydrogens (tertiary/aromatic N) is 5. The van der Waals surface area contributed by atoms with Gasteiger partial charge >= 0.3 is 0 Å². The summed E-state index contributed by atoms with van der Waals surface area (Å²) in [5.74, 6) is -0.903. The maximum atomic E-state index is 13.1. The molecule has 0 unspecified atom stereocenters. The first-order chi connectivity index (χ1) is 18.1. The molecule has 3 aromatic rings. The van der Waals surface area contributed by atoms with E-state index in [1.54, 1.807) is 0 Å². The number of benzene rings is 1. The second kappa shape index (κ2) is 8.78. The van der Waals surface area contributed by atoms with Gasteiger partial charge in [0, 0.05) is 55.2 Å². The third-order valence-electron chi connectivity index (χ3n) is 8.20. The lowest BCUT2D eigenvalue weighted by molar-refractivity contribution is -0.163. The van der Waals surface area contributed by atoms with Crippen LogP contribution >= 0.6 is 0 Å². The zero-order valence-electron chi connectivity index (χ0n) is 20.8. The summed E-state index contributed by atoms with van der Waals surface area (Å²) in [6.07, 6.45) is 5.76. The molecule has 3 fully saturated rings. The number of hydrogen-bond acceptors (Lipinski definition) is 6. The number of rotatable bonds is 5. The summed E-state index contributed by atoms with van der Waals surface area (Å²) >= 11 is 0. The van der Waals surface area contributed by atoms with Crippen molar-refractivity contribution >= 4 is 28.8 Å². The highest BCUT2D eigenvalue weighted by atomic mass is 16.2. The Balaban J connectivity index is 1.26. The molecule has 0 bridgehead atoms. The number of pyridine rings is 1. The fraction of sp³-hybridized carbons (Fsp3) is 0.429. The highest BCUT2D eigenvalue weighted by molar-refractivity contribution is 6.04. The van der Waals surface area contributed by atoms with E-state index < -0.39 is 0 Å². The molecule has 0 spiro atoms. The number of likely N-dealkylation sites (tertiary alicyclic amines) is 1. The lowest BCUT2D eigenvalue weighted by atomic mass is 10.0. The molecule has 0 atom stereocenters. The van der Waals surface area contributed by atoms with Crippen molar-refractivity contribution < 1.29 is 14.4 Å². The number of carbonyl (C=O) groups is 3. The van der Waals surface area contributed by atoms with Gasteiger partial charge in [-0.05, 0) is 67.7 Å². The van der Waals surface area contributed by atoms with Gasteiger partial charge in [0.2, 0.25) is 11.8 Å². The van der Waals surface area contributed by atoms with Gasteiger partial charge in [0.1, 0.15) is 5.65 Å². The molecule has 0 saturated carbocycles. The van der Waals surface area contributed by atoms with E-state index in [1.807, 2.05) is 18.2 Å². The maximum absolute atomic E-state index is 13.1. The van der Waals surface area contributed by atoms with E-state index >= 15 is 0 Å². The van der Waals surface area contributed by atoms with E-state index in [1.165, 1.54) is 28.8 Å². The minimum Gasteiger partial charge on any atom is -0.327 e. The zero-order valence-corrected chi connectivity index (χ0v) is 20.8. The molecule has 190 valence electrons. The number of fused-ring (bicyclic) bond motifs is 2. The van der Waals surface area contributed by atoms with Crippen LogP contribution in [0.5, 0.6) is 0 Å². The molecule has 1 N–H and O–H groups in total. The molecular formula is C28H30N6O3. The normalized spacial score (nSPS) is 20.8. The molecule has 37 heavy (non-hydrogen) atoms. The van der Waals surface area contributed by atoms with Crippen molar-refractivity contribution in [2.24, 2.45) is 0 Å². The number of amides is 3. The van der Waals surface area contributed by atoms with Crippen LogP contribution < -0.4 is 5.32 Å². The molecule has 1 aromatic carbocycles. The topological polar surface area (TPSA) is 90.8 Å². The Labute approximate surface area is 215 Å². The van der Waals surface area contributed by atoms with Crippen LogP contribution in [0.3, 0.4) is 0 Å². The van der Waals surface area contributed by atoms with Crippen LogP contribution in [-0.2, 0) is 22.7 Å². The van der Waals surface area contributed by atoms with E-state index in [2.05, 4.69) is 33.1 Å². The third-order valence-corrected chi connectivity index (χ3v) is 8.20. The quantitative estimate of drug-likeness (QED) is 0.544. The molecule has 4 aliphatic heterocycles. The van der Waals surface area contributed by atoms with Crippen LogP contribution in [0, 0.1) is 0 Å². The fourth-order valence-corrected chi connectivity index (χ4v) is 6.06. The molecule has 9 heteroatoms. The SMILES string of the molecule is O=C1c2ccc(-c3cc(CN4CCCC4)c4ccn(C5CNC5)c4n3)cc2CN1N1C(=O)CCCC1=O. The number of aromatic nitrogens is 2. The van der Waals surface area contributed by atoms with Gasteiger partial charge in [-0.1, -0.05) is 6.07 Å². The Hall–Kier alpha value is -3.56. The molecule has 4 aliphatic rings. The van der Waals surface area contributed by atoms with Crippen molar-refractivity contribution in [1.29, 1.82) is 0 Å². The molecule has 2 aromatic heterocycles. The Morgan fingerprint density at radius 1 is 0.946 bits per heavy atom. The smallest absolute Gasteiger partial charge is 0.273 e. The van der Waals surface area contributed by atoms with Crippen LogP contribution in [-0.4, -0.2) is 68.4 Å². The van der Waals surface area contributed by atoms with Crippen molar-refractivity contribution in [2.75, 3.05) is 26.2 Å². The molecule has 0 aliphatic carbocycles. The number of nitrogens with one attached hydrogen (secondary N) is 1. The summed E-state index contributed by atoms with van der Waals surface area (Å²) in [6, 6.07) is 10.5. The lowest BCUT2D eigenvalue weighted by Gasteiger charge is -2.32. The first kappa shape index (κ1) is 22.6. The van der Waals surface area contributed by atoms with E-state index in [9.17, 15) is 14.4 Å². The highest BCUT2D eigenvalue weighted by Gasteiger charge is 2.39.